The zero-order valence-electron chi connectivity index (χ0n) is 20.0. The summed E-state index contributed by atoms with van der Waals surface area (Å²) in [6.07, 6.45) is 5.69. The summed E-state index contributed by atoms with van der Waals surface area (Å²) >= 11 is 4.33. The van der Waals surface area contributed by atoms with Crippen LogP contribution in [0.15, 0.2) is 70.4 Å². The van der Waals surface area contributed by atoms with Gasteiger partial charge in [-0.15, -0.1) is 11.3 Å². The lowest BCUT2D eigenvalue weighted by molar-refractivity contribution is -0.114. The van der Waals surface area contributed by atoms with E-state index in [4.69, 9.17) is 0 Å². The molecule has 0 saturated heterocycles. The van der Waals surface area contributed by atoms with Gasteiger partial charge in [-0.3, -0.25) is 9.59 Å². The van der Waals surface area contributed by atoms with Gasteiger partial charge in [0.05, 0.1) is 21.7 Å². The van der Waals surface area contributed by atoms with E-state index in [0.29, 0.717) is 0 Å². The first-order valence-electron chi connectivity index (χ1n) is 11.8. The Morgan fingerprint density at radius 3 is 2.65 bits per heavy atom. The summed E-state index contributed by atoms with van der Waals surface area (Å²) in [5, 5.41) is 9.23. The molecule has 7 nitrogen and oxygen atoms in total. The van der Waals surface area contributed by atoms with Gasteiger partial charge >= 0.3 is 0 Å². The summed E-state index contributed by atoms with van der Waals surface area (Å²) in [6.45, 7) is 0. The molecule has 1 aliphatic rings. The summed E-state index contributed by atoms with van der Waals surface area (Å²) in [6, 6.07) is 16.1. The van der Waals surface area contributed by atoms with E-state index in [1.807, 2.05) is 42.1 Å². The smallest absolute Gasteiger partial charge is 0.234 e. The lowest BCUT2D eigenvalue weighted by Crippen LogP contribution is -2.14. The van der Waals surface area contributed by atoms with E-state index in [1.165, 1.54) is 51.4 Å². The summed E-state index contributed by atoms with van der Waals surface area (Å²) in [5.41, 5.74) is 5.15. The Morgan fingerprint density at radius 1 is 1.00 bits per heavy atom. The number of fused-ring (bicyclic) bond motifs is 1. The van der Waals surface area contributed by atoms with Gasteiger partial charge in [0.15, 0.2) is 9.50 Å². The van der Waals surface area contributed by atoms with Crippen molar-refractivity contribution >= 4 is 79.0 Å². The third-order valence-corrected chi connectivity index (χ3v) is 9.46. The molecule has 0 radical (unpaired) electrons. The Balaban J connectivity index is 1.07. The molecule has 5 aromatic rings. The molecule has 0 fully saturated rings. The van der Waals surface area contributed by atoms with E-state index in [-0.39, 0.29) is 23.3 Å². The summed E-state index contributed by atoms with van der Waals surface area (Å²) in [4.78, 5) is 34.0. The van der Waals surface area contributed by atoms with Crippen molar-refractivity contribution in [2.24, 2.45) is 7.05 Å². The van der Waals surface area contributed by atoms with Crippen LogP contribution in [0.25, 0.3) is 21.0 Å². The first-order valence-corrected chi connectivity index (χ1v) is 14.6. The van der Waals surface area contributed by atoms with E-state index in [0.717, 1.165) is 49.3 Å². The van der Waals surface area contributed by atoms with Crippen LogP contribution in [-0.4, -0.2) is 37.9 Å². The molecule has 0 saturated carbocycles. The Labute approximate surface area is 226 Å². The molecule has 2 N–H and O–H groups in total. The average molecular weight is 546 g/mol. The highest BCUT2D eigenvalue weighted by molar-refractivity contribution is 8.01. The van der Waals surface area contributed by atoms with Crippen molar-refractivity contribution in [3.05, 3.63) is 72.1 Å². The minimum absolute atomic E-state index is 0.0545. The number of aromatic nitrogens is 3. The van der Waals surface area contributed by atoms with Crippen molar-refractivity contribution in [2.75, 3.05) is 22.1 Å². The molecule has 37 heavy (non-hydrogen) atoms. The van der Waals surface area contributed by atoms with Crippen LogP contribution >= 0.6 is 34.9 Å². The van der Waals surface area contributed by atoms with Crippen LogP contribution in [-0.2, 0) is 29.5 Å². The van der Waals surface area contributed by atoms with Gasteiger partial charge < -0.3 is 15.2 Å². The largest absolute Gasteiger partial charge is 0.329 e. The van der Waals surface area contributed by atoms with Crippen molar-refractivity contribution in [3.8, 4) is 0 Å². The van der Waals surface area contributed by atoms with Gasteiger partial charge in [0.25, 0.3) is 0 Å². The van der Waals surface area contributed by atoms with E-state index < -0.39 is 0 Å². The number of thiazole rings is 1. The topological polar surface area (TPSA) is 88.9 Å². The van der Waals surface area contributed by atoms with Gasteiger partial charge in [0, 0.05) is 36.2 Å². The van der Waals surface area contributed by atoms with Crippen LogP contribution in [0.2, 0.25) is 0 Å². The third-order valence-electron chi connectivity index (χ3n) is 6.24. The number of nitrogens with one attached hydrogen (secondary N) is 2. The Bertz CT molecular complexity index is 1650. The molecule has 0 unspecified atom stereocenters. The lowest BCUT2D eigenvalue weighted by Gasteiger charge is -2.10. The molecule has 2 aromatic heterocycles. The predicted molar refractivity (Wildman–Crippen MR) is 153 cm³/mol. The van der Waals surface area contributed by atoms with E-state index in [1.54, 1.807) is 6.20 Å². The summed E-state index contributed by atoms with van der Waals surface area (Å²) in [7, 11) is 1.90. The molecule has 186 valence electrons. The van der Waals surface area contributed by atoms with Crippen LogP contribution in [0, 0.1) is 0 Å². The summed E-state index contributed by atoms with van der Waals surface area (Å²) < 4.78 is 3.66. The first kappa shape index (κ1) is 24.0. The number of amides is 2. The van der Waals surface area contributed by atoms with Crippen LogP contribution < -0.4 is 10.6 Å². The lowest BCUT2D eigenvalue weighted by atomic mass is 10.0. The highest BCUT2D eigenvalue weighted by atomic mass is 32.2. The zero-order chi connectivity index (χ0) is 25.4. The van der Waals surface area contributed by atoms with Crippen LogP contribution in [0.1, 0.15) is 11.1 Å². The molecule has 10 heteroatoms. The number of carbonyl (C=O) groups excluding carboxylic acids is 2. The standard InChI is InChI=1S/C27H23N5O2S3/c1-32-12-11-28-26(32)35-14-23(33)29-18-8-10-21-22(13-18)37-27(31-21)36-15-24(34)30-20-9-7-17-6-5-16-3-2-4-19(20)25(16)17/h2-4,7-13H,5-6,14-15H2,1H3,(H,29,33)(H,30,34). The number of aryl methyl sites for hydroxylation is 3. The molecule has 2 amide bonds. The number of thioether (sulfide) groups is 2. The normalized spacial score (nSPS) is 12.4. The molecule has 0 aliphatic heterocycles. The van der Waals surface area contributed by atoms with Gasteiger partial charge in [-0.25, -0.2) is 9.97 Å². The molecule has 2 heterocycles. The highest BCUT2D eigenvalue weighted by Crippen LogP contribution is 2.35. The molecule has 6 rings (SSSR count). The predicted octanol–water partition coefficient (Wildman–Crippen LogP) is 5.74. The van der Waals surface area contributed by atoms with E-state index >= 15 is 0 Å². The Morgan fingerprint density at radius 2 is 1.81 bits per heavy atom. The van der Waals surface area contributed by atoms with Gasteiger partial charge in [-0.1, -0.05) is 47.8 Å². The maximum atomic E-state index is 12.8. The van der Waals surface area contributed by atoms with Gasteiger partial charge in [-0.2, -0.15) is 0 Å². The molecule has 0 atom stereocenters. The number of hydrogen-bond donors (Lipinski definition) is 2. The fraction of sp³-hybridized carbons (Fsp3) is 0.185. The molecule has 0 bridgehead atoms. The Hall–Kier alpha value is -3.34. The SMILES string of the molecule is Cn1ccnc1SCC(=O)Nc1ccc2nc(SCC(=O)Nc3ccc4c5c(cccc35)CC4)sc2c1. The van der Waals surface area contributed by atoms with Crippen LogP contribution in [0.5, 0.6) is 0 Å². The van der Waals surface area contributed by atoms with Crippen LogP contribution in [0.3, 0.4) is 0 Å². The number of carbonyl (C=O) groups is 2. The van der Waals surface area contributed by atoms with Gasteiger partial charge in [0.1, 0.15) is 0 Å². The highest BCUT2D eigenvalue weighted by Gasteiger charge is 2.17. The Kier molecular flexibility index (Phi) is 6.62. The quantitative estimate of drug-likeness (QED) is 0.242. The molecule has 3 aromatic carbocycles. The zero-order valence-corrected chi connectivity index (χ0v) is 22.4. The average Bonchev–Trinajstić information content (AvgIpc) is 3.62. The summed E-state index contributed by atoms with van der Waals surface area (Å²) in [5.74, 6) is 0.407. The second kappa shape index (κ2) is 10.2. The third kappa shape index (κ3) is 5.09. The maximum absolute atomic E-state index is 12.8. The first-order chi connectivity index (χ1) is 18.0. The molecule has 1 aliphatic carbocycles. The van der Waals surface area contributed by atoms with Gasteiger partial charge in [0.2, 0.25) is 11.8 Å². The monoisotopic (exact) mass is 545 g/mol. The van der Waals surface area contributed by atoms with Crippen molar-refractivity contribution in [1.82, 2.24) is 14.5 Å². The van der Waals surface area contributed by atoms with Crippen molar-refractivity contribution in [3.63, 3.8) is 0 Å². The number of anilines is 2. The number of benzene rings is 3. The number of nitrogens with zero attached hydrogens (tertiary/aromatic N) is 3. The van der Waals surface area contributed by atoms with Crippen molar-refractivity contribution < 1.29 is 9.59 Å². The number of rotatable bonds is 8. The molecular formula is C27H23N5O2S3. The second-order valence-corrected chi connectivity index (χ2v) is 12.0. The maximum Gasteiger partial charge on any atom is 0.234 e. The minimum atomic E-state index is -0.0915. The fourth-order valence-corrected chi connectivity index (χ4v) is 7.17. The van der Waals surface area contributed by atoms with Crippen molar-refractivity contribution in [1.29, 1.82) is 0 Å². The van der Waals surface area contributed by atoms with E-state index in [9.17, 15) is 9.59 Å². The van der Waals surface area contributed by atoms with E-state index in [2.05, 4.69) is 44.9 Å². The number of hydrogen-bond acceptors (Lipinski definition) is 7. The molecular weight excluding hydrogens is 523 g/mol. The minimum Gasteiger partial charge on any atom is -0.329 e. The van der Waals surface area contributed by atoms with Gasteiger partial charge in [-0.05, 0) is 53.6 Å². The molecule has 0 spiro atoms. The second-order valence-electron chi connectivity index (χ2n) is 8.77. The van der Waals surface area contributed by atoms with Crippen LogP contribution in [0.4, 0.5) is 11.4 Å². The van der Waals surface area contributed by atoms with Crippen molar-refractivity contribution in [2.45, 2.75) is 22.3 Å². The number of imidazole rings is 1. The fourth-order valence-electron chi connectivity index (χ4n) is 4.53.